The number of rotatable bonds is 1. The van der Waals surface area contributed by atoms with Crippen LogP contribution in [-0.4, -0.2) is 43.7 Å². The van der Waals surface area contributed by atoms with E-state index in [0.29, 0.717) is 38.5 Å². The fraction of sp³-hybridized carbons (Fsp3) is 0.409. The number of benzene rings is 1. The lowest BCUT2D eigenvalue weighted by atomic mass is 9.86. The number of hydrogen-bond donors (Lipinski definition) is 1. The molecule has 2 N–H and O–H groups in total. The summed E-state index contributed by atoms with van der Waals surface area (Å²) < 4.78 is 16.7. The van der Waals surface area contributed by atoms with E-state index < -0.39 is 5.91 Å². The van der Waals surface area contributed by atoms with Crippen molar-refractivity contribution >= 4 is 17.5 Å². The van der Waals surface area contributed by atoms with Gasteiger partial charge in [-0.1, -0.05) is 12.1 Å². The molecule has 0 radical (unpaired) electrons. The van der Waals surface area contributed by atoms with Crippen LogP contribution in [0.4, 0.5) is 5.69 Å². The highest BCUT2D eigenvalue weighted by Gasteiger charge is 2.42. The molecule has 0 aliphatic carbocycles. The standard InChI is InChI=1S/C12H14N2O3.C10H11NO2/c13-11(15)10-5-9-8(6-14-10)7-17-12(9)1-3-16-4-2-12;1-11-8-4-2-3-5-9(8)13-7-6-10(11)12/h5-6H,1-4,7H2,(H2,13,15);2-5H,6-7H2,1H3. The van der Waals surface area contributed by atoms with Gasteiger partial charge in [0.15, 0.2) is 0 Å². The van der Waals surface area contributed by atoms with Gasteiger partial charge in [-0.25, -0.2) is 0 Å². The summed E-state index contributed by atoms with van der Waals surface area (Å²) in [6.07, 6.45) is 3.79. The van der Waals surface area contributed by atoms with Gasteiger partial charge in [-0.3, -0.25) is 14.6 Å². The second-order valence-electron chi connectivity index (χ2n) is 7.51. The molecule has 1 fully saturated rings. The first-order valence-electron chi connectivity index (χ1n) is 9.99. The maximum atomic E-state index is 11.4. The first-order valence-corrected chi connectivity index (χ1v) is 9.99. The predicted molar refractivity (Wildman–Crippen MR) is 109 cm³/mol. The highest BCUT2D eigenvalue weighted by Crippen LogP contribution is 2.43. The topological polar surface area (TPSA) is 104 Å². The molecule has 3 aliphatic rings. The van der Waals surface area contributed by atoms with Gasteiger partial charge in [-0.15, -0.1) is 0 Å². The minimum absolute atomic E-state index is 0.102. The van der Waals surface area contributed by atoms with Crippen molar-refractivity contribution in [3.8, 4) is 5.75 Å². The third-order valence-electron chi connectivity index (χ3n) is 5.71. The summed E-state index contributed by atoms with van der Waals surface area (Å²) in [6, 6.07) is 9.35. The van der Waals surface area contributed by atoms with Gasteiger partial charge in [-0.2, -0.15) is 0 Å². The third kappa shape index (κ3) is 3.88. The van der Waals surface area contributed by atoms with Crippen LogP contribution in [0, 0.1) is 0 Å². The van der Waals surface area contributed by atoms with E-state index in [4.69, 9.17) is 19.9 Å². The number of primary amides is 1. The number of carbonyl (C=O) groups is 2. The van der Waals surface area contributed by atoms with Crippen LogP contribution in [0.25, 0.3) is 0 Å². The number of fused-ring (bicyclic) bond motifs is 3. The summed E-state index contributed by atoms with van der Waals surface area (Å²) in [6.45, 7) is 2.41. The molecule has 1 aromatic carbocycles. The number of nitrogens with two attached hydrogens (primary N) is 1. The SMILES string of the molecule is CN1C(=O)CCOc2ccccc21.NC(=O)c1cc2c(cn1)COC21CCOCC1. The lowest BCUT2D eigenvalue weighted by molar-refractivity contribution is -0.118. The molecule has 2 aromatic rings. The molecule has 1 saturated heterocycles. The Morgan fingerprint density at radius 3 is 2.73 bits per heavy atom. The Morgan fingerprint density at radius 1 is 1.20 bits per heavy atom. The number of pyridine rings is 1. The van der Waals surface area contributed by atoms with E-state index in [2.05, 4.69) is 4.98 Å². The summed E-state index contributed by atoms with van der Waals surface area (Å²) in [4.78, 5) is 28.3. The van der Waals surface area contributed by atoms with Gasteiger partial charge >= 0.3 is 0 Å². The van der Waals surface area contributed by atoms with Crippen LogP contribution in [0.3, 0.4) is 0 Å². The van der Waals surface area contributed by atoms with Crippen molar-refractivity contribution in [3.63, 3.8) is 0 Å². The fourth-order valence-electron chi connectivity index (χ4n) is 3.97. The molecule has 0 atom stereocenters. The molecule has 158 valence electrons. The molecule has 5 rings (SSSR count). The zero-order valence-corrected chi connectivity index (χ0v) is 16.9. The average Bonchev–Trinajstić information content (AvgIpc) is 3.03. The number of hydrogen-bond acceptors (Lipinski definition) is 6. The first kappa shape index (κ1) is 20.3. The Balaban J connectivity index is 0.000000151. The summed E-state index contributed by atoms with van der Waals surface area (Å²) in [7, 11) is 1.77. The van der Waals surface area contributed by atoms with Crippen molar-refractivity contribution < 1.29 is 23.8 Å². The number of nitrogens with zero attached hydrogens (tertiary/aromatic N) is 2. The van der Waals surface area contributed by atoms with Gasteiger partial charge in [0.2, 0.25) is 5.91 Å². The van der Waals surface area contributed by atoms with Gasteiger partial charge in [0, 0.05) is 44.9 Å². The number of anilines is 1. The molecule has 4 heterocycles. The van der Waals surface area contributed by atoms with Crippen LogP contribution in [0.1, 0.15) is 40.9 Å². The predicted octanol–water partition coefficient (Wildman–Crippen LogP) is 2.15. The normalized spacial score (nSPS) is 19.1. The molecule has 8 nitrogen and oxygen atoms in total. The van der Waals surface area contributed by atoms with Gasteiger partial charge in [0.05, 0.1) is 30.9 Å². The Hall–Kier alpha value is -2.97. The Labute approximate surface area is 174 Å². The van der Waals surface area contributed by atoms with Crippen LogP contribution in [0.15, 0.2) is 36.5 Å². The van der Waals surface area contributed by atoms with Gasteiger partial charge in [-0.05, 0) is 23.8 Å². The highest BCUT2D eigenvalue weighted by atomic mass is 16.5. The monoisotopic (exact) mass is 411 g/mol. The van der Waals surface area contributed by atoms with Crippen LogP contribution in [0.2, 0.25) is 0 Å². The Morgan fingerprint density at radius 2 is 1.97 bits per heavy atom. The maximum Gasteiger partial charge on any atom is 0.267 e. The first-order chi connectivity index (χ1) is 14.5. The Bertz CT molecular complexity index is 950. The second kappa shape index (κ2) is 8.41. The van der Waals surface area contributed by atoms with E-state index >= 15 is 0 Å². The van der Waals surface area contributed by atoms with Crippen molar-refractivity contribution in [3.05, 3.63) is 53.3 Å². The molecule has 3 aliphatic heterocycles. The van der Waals surface area contributed by atoms with Crippen molar-refractivity contribution in [1.29, 1.82) is 0 Å². The van der Waals surface area contributed by atoms with E-state index in [1.165, 1.54) is 0 Å². The number of ether oxygens (including phenoxy) is 3. The summed E-state index contributed by atoms with van der Waals surface area (Å²) in [5.41, 5.74) is 8.24. The van der Waals surface area contributed by atoms with Crippen LogP contribution in [0.5, 0.6) is 5.75 Å². The van der Waals surface area contributed by atoms with Crippen LogP contribution < -0.4 is 15.4 Å². The smallest absolute Gasteiger partial charge is 0.267 e. The van der Waals surface area contributed by atoms with E-state index in [1.54, 1.807) is 24.2 Å². The molecule has 30 heavy (non-hydrogen) atoms. The van der Waals surface area contributed by atoms with Gasteiger partial charge in [0.1, 0.15) is 11.4 Å². The average molecular weight is 411 g/mol. The minimum atomic E-state index is -0.498. The molecule has 0 unspecified atom stereocenters. The maximum absolute atomic E-state index is 11.4. The second-order valence-corrected chi connectivity index (χ2v) is 7.51. The molecule has 1 aromatic heterocycles. The van der Waals surface area contributed by atoms with Crippen LogP contribution in [-0.2, 0) is 26.5 Å². The zero-order valence-electron chi connectivity index (χ0n) is 16.9. The third-order valence-corrected chi connectivity index (χ3v) is 5.71. The van der Waals surface area contributed by atoms with E-state index in [9.17, 15) is 9.59 Å². The molecule has 2 amide bonds. The number of carbonyl (C=O) groups excluding carboxylic acids is 2. The van der Waals surface area contributed by atoms with Crippen molar-refractivity contribution in [2.45, 2.75) is 31.5 Å². The molecule has 8 heteroatoms. The summed E-state index contributed by atoms with van der Waals surface area (Å²) in [5.74, 6) is 0.391. The summed E-state index contributed by atoms with van der Waals surface area (Å²) >= 11 is 0. The Kier molecular flexibility index (Phi) is 5.69. The molecular weight excluding hydrogens is 386 g/mol. The lowest BCUT2D eigenvalue weighted by Gasteiger charge is -2.33. The number of aromatic nitrogens is 1. The summed E-state index contributed by atoms with van der Waals surface area (Å²) in [5, 5.41) is 0. The van der Waals surface area contributed by atoms with Gasteiger partial charge in [0.25, 0.3) is 5.91 Å². The molecule has 0 bridgehead atoms. The lowest BCUT2D eigenvalue weighted by Crippen LogP contribution is -2.33. The van der Waals surface area contributed by atoms with E-state index in [0.717, 1.165) is 35.4 Å². The molecular formula is C22H25N3O5. The zero-order chi connectivity index (χ0) is 21.1. The van der Waals surface area contributed by atoms with Gasteiger partial charge < -0.3 is 24.8 Å². The number of amides is 2. The number of para-hydroxylation sites is 2. The van der Waals surface area contributed by atoms with Crippen molar-refractivity contribution in [2.24, 2.45) is 5.73 Å². The fourth-order valence-corrected chi connectivity index (χ4v) is 3.97. The van der Waals surface area contributed by atoms with E-state index in [1.807, 2.05) is 24.3 Å². The van der Waals surface area contributed by atoms with Crippen molar-refractivity contribution in [2.75, 3.05) is 31.8 Å². The largest absolute Gasteiger partial charge is 0.491 e. The quantitative estimate of drug-likeness (QED) is 0.771. The molecule has 0 saturated carbocycles. The van der Waals surface area contributed by atoms with Crippen molar-refractivity contribution in [1.82, 2.24) is 4.98 Å². The molecule has 1 spiro atoms. The van der Waals surface area contributed by atoms with E-state index in [-0.39, 0.29) is 11.5 Å². The minimum Gasteiger partial charge on any atom is -0.491 e. The highest BCUT2D eigenvalue weighted by molar-refractivity contribution is 5.95. The van der Waals surface area contributed by atoms with Crippen LogP contribution >= 0.6 is 0 Å².